The Hall–Kier alpha value is -2.71. The largest absolute Gasteiger partial charge is 0.345 e. The second-order valence-corrected chi connectivity index (χ2v) is 10.7. The van der Waals surface area contributed by atoms with Crippen molar-refractivity contribution in [3.8, 4) is 11.1 Å². The summed E-state index contributed by atoms with van der Waals surface area (Å²) in [5, 5.41) is 0.309. The van der Waals surface area contributed by atoms with Gasteiger partial charge in [0.15, 0.2) is 9.84 Å². The molecule has 8 heteroatoms. The van der Waals surface area contributed by atoms with Gasteiger partial charge < -0.3 is 14.8 Å². The molecule has 1 aliphatic rings. The Bertz CT molecular complexity index is 1190. The molecule has 4 rings (SSSR count). The van der Waals surface area contributed by atoms with Gasteiger partial charge in [-0.25, -0.2) is 13.4 Å². The molecule has 1 amide bonds. The van der Waals surface area contributed by atoms with E-state index >= 15 is 0 Å². The third-order valence-corrected chi connectivity index (χ3v) is 8.18. The number of carbonyl (C=O) groups excluding carboxylic acids is 1. The predicted octanol–water partition coefficient (Wildman–Crippen LogP) is 3.19. The van der Waals surface area contributed by atoms with E-state index in [-0.39, 0.29) is 5.91 Å². The molecule has 7 nitrogen and oxygen atoms in total. The van der Waals surface area contributed by atoms with Gasteiger partial charge in [0.2, 0.25) is 0 Å². The lowest BCUT2D eigenvalue weighted by Gasteiger charge is -2.34. The summed E-state index contributed by atoms with van der Waals surface area (Å²) in [4.78, 5) is 25.2. The van der Waals surface area contributed by atoms with Gasteiger partial charge in [0.05, 0.1) is 15.7 Å². The summed E-state index contributed by atoms with van der Waals surface area (Å²) in [6.45, 7) is 9.70. The summed E-state index contributed by atoms with van der Waals surface area (Å²) in [7, 11) is -3.31. The van der Waals surface area contributed by atoms with Gasteiger partial charge in [0.25, 0.3) is 5.91 Å². The lowest BCUT2D eigenvalue weighted by Crippen LogP contribution is -2.48. The molecule has 3 aromatic rings. The number of nitrogens with one attached hydrogen (secondary N) is 1. The molecule has 1 N–H and O–H groups in total. The van der Waals surface area contributed by atoms with E-state index in [0.29, 0.717) is 16.1 Å². The van der Waals surface area contributed by atoms with Crippen LogP contribution in [0, 0.1) is 0 Å². The number of aromatic amines is 1. The summed E-state index contributed by atoms with van der Waals surface area (Å²) < 4.78 is 24.7. The van der Waals surface area contributed by atoms with Crippen molar-refractivity contribution in [2.24, 2.45) is 0 Å². The topological polar surface area (TPSA) is 86.4 Å². The number of rotatable bonds is 5. The molecule has 1 aromatic carbocycles. The number of benzene rings is 1. The molecule has 0 aliphatic carbocycles. The number of fused-ring (bicyclic) bond motifs is 1. The van der Waals surface area contributed by atoms with Crippen LogP contribution in [0.2, 0.25) is 0 Å². The van der Waals surface area contributed by atoms with Crippen molar-refractivity contribution in [2.75, 3.05) is 32.7 Å². The van der Waals surface area contributed by atoms with Crippen LogP contribution < -0.4 is 0 Å². The first kappa shape index (κ1) is 21.5. The molecule has 0 spiro atoms. The molecule has 0 bridgehead atoms. The summed E-state index contributed by atoms with van der Waals surface area (Å²) in [6.07, 6.45) is 3.47. The van der Waals surface area contributed by atoms with E-state index in [2.05, 4.69) is 21.8 Å². The van der Waals surface area contributed by atoms with Crippen molar-refractivity contribution < 1.29 is 13.2 Å². The number of piperazine rings is 1. The Balaban J connectivity index is 1.62. The number of hydrogen-bond acceptors (Lipinski definition) is 5. The minimum absolute atomic E-state index is 0.0133. The van der Waals surface area contributed by atoms with E-state index in [9.17, 15) is 13.2 Å². The molecule has 1 saturated heterocycles. The normalized spacial score (nSPS) is 15.7. The van der Waals surface area contributed by atoms with E-state index in [1.807, 2.05) is 11.0 Å². The SMILES string of the molecule is CCN1CCN(C(=O)c2c[nH]c3ncc(-c4ccc(S(=O)(=O)C(C)C)cc4)cc23)CC1. The van der Waals surface area contributed by atoms with Crippen LogP contribution >= 0.6 is 0 Å². The summed E-state index contributed by atoms with van der Waals surface area (Å²) in [5.41, 5.74) is 2.98. The van der Waals surface area contributed by atoms with Gasteiger partial charge in [-0.3, -0.25) is 4.79 Å². The van der Waals surface area contributed by atoms with Crippen LogP contribution in [-0.2, 0) is 9.84 Å². The Morgan fingerprint density at radius 1 is 1.10 bits per heavy atom. The fraction of sp³-hybridized carbons (Fsp3) is 0.391. The number of pyridine rings is 1. The number of sulfone groups is 1. The van der Waals surface area contributed by atoms with Gasteiger partial charge >= 0.3 is 0 Å². The minimum atomic E-state index is -3.31. The monoisotopic (exact) mass is 440 g/mol. The lowest BCUT2D eigenvalue weighted by atomic mass is 10.1. The number of hydrogen-bond donors (Lipinski definition) is 1. The van der Waals surface area contributed by atoms with Crippen LogP contribution in [0.4, 0.5) is 0 Å². The first-order chi connectivity index (χ1) is 14.8. The number of H-pyrrole nitrogens is 1. The molecule has 2 aromatic heterocycles. The van der Waals surface area contributed by atoms with Crippen molar-refractivity contribution in [2.45, 2.75) is 30.9 Å². The second kappa shape index (κ2) is 8.43. The van der Waals surface area contributed by atoms with E-state index in [1.54, 1.807) is 50.5 Å². The van der Waals surface area contributed by atoms with Gasteiger partial charge in [-0.05, 0) is 44.2 Å². The third kappa shape index (κ3) is 4.09. The smallest absolute Gasteiger partial charge is 0.256 e. The van der Waals surface area contributed by atoms with E-state index < -0.39 is 15.1 Å². The average Bonchev–Trinajstić information content (AvgIpc) is 3.22. The van der Waals surface area contributed by atoms with Crippen LogP contribution in [0.3, 0.4) is 0 Å². The predicted molar refractivity (Wildman–Crippen MR) is 122 cm³/mol. The van der Waals surface area contributed by atoms with Gasteiger partial charge in [0.1, 0.15) is 5.65 Å². The zero-order valence-corrected chi connectivity index (χ0v) is 18.9. The number of nitrogens with zero attached hydrogens (tertiary/aromatic N) is 3. The highest BCUT2D eigenvalue weighted by atomic mass is 32.2. The van der Waals surface area contributed by atoms with Gasteiger partial charge in [0, 0.05) is 49.5 Å². The van der Waals surface area contributed by atoms with E-state index in [0.717, 1.165) is 49.2 Å². The Morgan fingerprint density at radius 2 is 1.77 bits per heavy atom. The Morgan fingerprint density at radius 3 is 2.39 bits per heavy atom. The maximum atomic E-state index is 13.1. The van der Waals surface area contributed by atoms with Crippen molar-refractivity contribution >= 4 is 26.8 Å². The fourth-order valence-corrected chi connectivity index (χ4v) is 4.94. The van der Waals surface area contributed by atoms with Crippen molar-refractivity contribution in [1.29, 1.82) is 0 Å². The van der Waals surface area contributed by atoms with Gasteiger partial charge in [-0.2, -0.15) is 0 Å². The minimum Gasteiger partial charge on any atom is -0.345 e. The molecular formula is C23H28N4O3S. The highest BCUT2D eigenvalue weighted by Crippen LogP contribution is 2.27. The Kier molecular flexibility index (Phi) is 5.85. The molecular weight excluding hydrogens is 412 g/mol. The van der Waals surface area contributed by atoms with E-state index in [1.165, 1.54) is 0 Å². The number of likely N-dealkylation sites (N-methyl/N-ethyl adjacent to an activating group) is 1. The zero-order chi connectivity index (χ0) is 22.2. The molecule has 0 saturated carbocycles. The highest BCUT2D eigenvalue weighted by Gasteiger charge is 2.24. The quantitative estimate of drug-likeness (QED) is 0.658. The molecule has 164 valence electrons. The average molecular weight is 441 g/mol. The molecule has 3 heterocycles. The van der Waals surface area contributed by atoms with Gasteiger partial charge in [-0.1, -0.05) is 19.1 Å². The zero-order valence-electron chi connectivity index (χ0n) is 18.1. The van der Waals surface area contributed by atoms with E-state index in [4.69, 9.17) is 0 Å². The van der Waals surface area contributed by atoms with Crippen molar-refractivity contribution in [3.63, 3.8) is 0 Å². The van der Waals surface area contributed by atoms with Crippen LogP contribution in [0.15, 0.2) is 47.6 Å². The second-order valence-electron chi connectivity index (χ2n) is 8.17. The maximum absolute atomic E-state index is 13.1. The first-order valence-corrected chi connectivity index (χ1v) is 12.2. The van der Waals surface area contributed by atoms with Crippen LogP contribution in [0.5, 0.6) is 0 Å². The number of amides is 1. The number of carbonyl (C=O) groups is 1. The van der Waals surface area contributed by atoms with Crippen LogP contribution in [-0.4, -0.2) is 72.1 Å². The molecule has 1 fully saturated rings. The molecule has 0 radical (unpaired) electrons. The van der Waals surface area contributed by atoms with Crippen molar-refractivity contribution in [3.05, 3.63) is 48.3 Å². The lowest BCUT2D eigenvalue weighted by molar-refractivity contribution is 0.0645. The highest BCUT2D eigenvalue weighted by molar-refractivity contribution is 7.92. The van der Waals surface area contributed by atoms with Gasteiger partial charge in [-0.15, -0.1) is 0 Å². The summed E-state index contributed by atoms with van der Waals surface area (Å²) in [5.74, 6) is 0.0133. The summed E-state index contributed by atoms with van der Waals surface area (Å²) >= 11 is 0. The molecule has 0 atom stereocenters. The fourth-order valence-electron chi connectivity index (χ4n) is 3.88. The third-order valence-electron chi connectivity index (χ3n) is 6.01. The Labute approximate surface area is 183 Å². The van der Waals surface area contributed by atoms with Crippen LogP contribution in [0.25, 0.3) is 22.2 Å². The first-order valence-electron chi connectivity index (χ1n) is 10.6. The summed E-state index contributed by atoms with van der Waals surface area (Å²) in [6, 6.07) is 8.78. The molecule has 1 aliphatic heterocycles. The number of aromatic nitrogens is 2. The maximum Gasteiger partial charge on any atom is 0.256 e. The molecule has 0 unspecified atom stereocenters. The standard InChI is InChI=1S/C23H28N4O3S/c1-4-26-9-11-27(12-10-26)23(28)21-15-25-22-20(21)13-18(14-24-22)17-5-7-19(8-6-17)31(29,30)16(2)3/h5-8,13-16H,4,9-12H2,1-3H3,(H,24,25). The van der Waals surface area contributed by atoms with Crippen LogP contribution in [0.1, 0.15) is 31.1 Å². The molecule has 31 heavy (non-hydrogen) atoms. The van der Waals surface area contributed by atoms with Crippen molar-refractivity contribution in [1.82, 2.24) is 19.8 Å².